The van der Waals surface area contributed by atoms with Gasteiger partial charge in [0.1, 0.15) is 41.4 Å². The molecule has 68 heavy (non-hydrogen) atoms. The number of nitrogens with one attached hydrogen (secondary N) is 4. The highest BCUT2D eigenvalue weighted by molar-refractivity contribution is 5.83. The zero-order valence-corrected chi connectivity index (χ0v) is 40.1. The van der Waals surface area contributed by atoms with Gasteiger partial charge in [-0.05, 0) is 153 Å². The fourth-order valence-electron chi connectivity index (χ4n) is 10.6. The number of benzene rings is 3. The van der Waals surface area contributed by atoms with Gasteiger partial charge in [-0.15, -0.1) is 0 Å². The topological polar surface area (TPSA) is 181 Å². The number of likely N-dealkylation sites (tertiary alicyclic amines) is 2. The molecule has 3 amide bonds. The summed E-state index contributed by atoms with van der Waals surface area (Å²) >= 11 is 0. The van der Waals surface area contributed by atoms with Crippen LogP contribution in [0.2, 0.25) is 0 Å². The number of carbonyl (C=O) groups excluding carboxylic acids is 4. The fraction of sp³-hybridized carbons (Fsp3) is 0.529. The number of alkyl carbamates (subject to hydrolysis) is 2. The molecule has 0 bridgehead atoms. The van der Waals surface area contributed by atoms with Gasteiger partial charge < -0.3 is 39.5 Å². The Bertz CT molecular complexity index is 2660. The van der Waals surface area contributed by atoms with E-state index in [-0.39, 0.29) is 42.4 Å². The average molecular weight is 933 g/mol. The molecule has 2 unspecified atom stereocenters. The third-order valence-corrected chi connectivity index (χ3v) is 13.6. The lowest BCUT2D eigenvalue weighted by atomic mass is 10.0. The van der Waals surface area contributed by atoms with Gasteiger partial charge in [-0.3, -0.25) is 19.8 Å². The third-order valence-electron chi connectivity index (χ3n) is 13.6. The van der Waals surface area contributed by atoms with Crippen LogP contribution in [-0.4, -0.2) is 104 Å². The number of rotatable bonds is 11. The first-order valence-electron chi connectivity index (χ1n) is 24.3. The van der Waals surface area contributed by atoms with Crippen LogP contribution in [0, 0.1) is 5.82 Å². The molecule has 4 aliphatic rings. The van der Waals surface area contributed by atoms with Gasteiger partial charge in [0.15, 0.2) is 6.29 Å². The number of amides is 3. The van der Waals surface area contributed by atoms with Crippen LogP contribution in [-0.2, 0) is 19.1 Å². The Morgan fingerprint density at radius 3 is 1.91 bits per heavy atom. The minimum Gasteiger partial charge on any atom is -0.444 e. The Balaban J connectivity index is 0.990. The van der Waals surface area contributed by atoms with Crippen LogP contribution < -0.4 is 20.4 Å². The molecule has 0 saturated carbocycles. The van der Waals surface area contributed by atoms with Crippen molar-refractivity contribution in [3.8, 4) is 0 Å². The number of carbonyl (C=O) groups is 4. The van der Waals surface area contributed by atoms with Crippen molar-refractivity contribution >= 4 is 57.8 Å². The molecule has 0 radical (unpaired) electrons. The Morgan fingerprint density at radius 1 is 0.721 bits per heavy atom. The normalized spacial score (nSPS) is 22.0. The summed E-state index contributed by atoms with van der Waals surface area (Å²) in [5, 5.41) is 5.34. The number of imidazole rings is 2. The van der Waals surface area contributed by atoms with Crippen LogP contribution >= 0.6 is 0 Å². The number of hydrogen-bond acceptors (Lipinski definition) is 11. The summed E-state index contributed by atoms with van der Waals surface area (Å²) in [6.07, 6.45) is 6.58. The summed E-state index contributed by atoms with van der Waals surface area (Å²) < 4.78 is 27.1. The molecule has 3 aromatic carbocycles. The molecule has 5 atom stereocenters. The summed E-state index contributed by atoms with van der Waals surface area (Å²) in [5.41, 5.74) is 5.43. The molecule has 0 spiro atoms. The summed E-state index contributed by atoms with van der Waals surface area (Å²) in [6.45, 7) is 13.4. The molecule has 17 heteroatoms. The maximum atomic E-state index is 16.4. The number of nitrogens with zero attached hydrogens (tertiary/aromatic N) is 6. The molecule has 4 saturated heterocycles. The van der Waals surface area contributed by atoms with Gasteiger partial charge in [-0.2, -0.15) is 0 Å². The van der Waals surface area contributed by atoms with Crippen LogP contribution in [0.15, 0.2) is 54.6 Å². The van der Waals surface area contributed by atoms with Gasteiger partial charge in [0.05, 0.1) is 51.9 Å². The van der Waals surface area contributed by atoms with Crippen molar-refractivity contribution in [2.45, 2.75) is 141 Å². The maximum Gasteiger partial charge on any atom is 0.409 e. The number of ether oxygens (including phenoxy) is 2. The van der Waals surface area contributed by atoms with E-state index in [0.717, 1.165) is 122 Å². The molecular formula is C51H65FN10O6. The van der Waals surface area contributed by atoms with E-state index in [1.165, 1.54) is 0 Å². The molecule has 4 fully saturated rings. The zero-order chi connectivity index (χ0) is 47.9. The molecule has 5 aromatic rings. The van der Waals surface area contributed by atoms with Gasteiger partial charge in [0.25, 0.3) is 0 Å². The number of hydrogen-bond donors (Lipinski definition) is 4. The molecule has 4 aliphatic heterocycles. The highest BCUT2D eigenvalue weighted by atomic mass is 19.1. The van der Waals surface area contributed by atoms with Crippen LogP contribution in [0.5, 0.6) is 0 Å². The Labute approximate surface area is 396 Å². The second kappa shape index (κ2) is 19.0. The summed E-state index contributed by atoms with van der Waals surface area (Å²) in [4.78, 5) is 76.1. The lowest BCUT2D eigenvalue weighted by Crippen LogP contribution is -2.50. The second-order valence-electron chi connectivity index (χ2n) is 20.7. The average Bonchev–Trinajstić information content (AvgIpc) is 4.15. The van der Waals surface area contributed by atoms with E-state index in [4.69, 9.17) is 19.4 Å². The van der Waals surface area contributed by atoms with Crippen LogP contribution in [0.25, 0.3) is 22.1 Å². The van der Waals surface area contributed by atoms with Crippen LogP contribution in [0.1, 0.15) is 146 Å². The Morgan fingerprint density at radius 2 is 1.31 bits per heavy atom. The highest BCUT2D eigenvalue weighted by Crippen LogP contribution is 2.48. The van der Waals surface area contributed by atoms with Gasteiger partial charge in [-0.25, -0.2) is 23.9 Å². The van der Waals surface area contributed by atoms with Crippen LogP contribution in [0.3, 0.4) is 0 Å². The van der Waals surface area contributed by atoms with Crippen molar-refractivity contribution in [1.29, 1.82) is 0 Å². The summed E-state index contributed by atoms with van der Waals surface area (Å²) in [7, 11) is 0. The van der Waals surface area contributed by atoms with Crippen molar-refractivity contribution in [3.63, 3.8) is 0 Å². The van der Waals surface area contributed by atoms with E-state index in [1.54, 1.807) is 52.5 Å². The number of H-pyrrole nitrogens is 2. The van der Waals surface area contributed by atoms with E-state index >= 15 is 4.39 Å². The first kappa shape index (κ1) is 46.9. The van der Waals surface area contributed by atoms with E-state index in [9.17, 15) is 19.2 Å². The number of aldehydes is 1. The molecule has 0 aliphatic carbocycles. The fourth-order valence-corrected chi connectivity index (χ4v) is 10.6. The van der Waals surface area contributed by atoms with Crippen LogP contribution in [0.4, 0.5) is 25.4 Å². The first-order valence-corrected chi connectivity index (χ1v) is 24.3. The lowest BCUT2D eigenvalue weighted by molar-refractivity contribution is -0.131. The third kappa shape index (κ3) is 10.1. The number of fused-ring (bicyclic) bond motifs is 2. The van der Waals surface area contributed by atoms with Gasteiger partial charge in [0.2, 0.25) is 5.91 Å². The molecule has 9 rings (SSSR count). The predicted molar refractivity (Wildman–Crippen MR) is 258 cm³/mol. The smallest absolute Gasteiger partial charge is 0.409 e. The summed E-state index contributed by atoms with van der Waals surface area (Å²) in [5.74, 6) is 0.986. The van der Waals surface area contributed by atoms with Crippen molar-refractivity contribution < 1.29 is 33.0 Å². The number of piperidine rings is 1. The zero-order valence-electron chi connectivity index (χ0n) is 40.1. The monoisotopic (exact) mass is 933 g/mol. The van der Waals surface area contributed by atoms with Gasteiger partial charge in [0, 0.05) is 31.9 Å². The number of aromatic amines is 2. The molecule has 16 nitrogen and oxygen atoms in total. The minimum absolute atomic E-state index is 0.108. The minimum atomic E-state index is -0.875. The molecule has 362 valence electrons. The quantitative estimate of drug-likeness (QED) is 0.0929. The van der Waals surface area contributed by atoms with E-state index in [1.807, 2.05) is 23.1 Å². The van der Waals surface area contributed by atoms with E-state index in [0.29, 0.717) is 24.6 Å². The first-order chi connectivity index (χ1) is 32.5. The second-order valence-corrected chi connectivity index (χ2v) is 20.7. The Hall–Kier alpha value is -6.23. The predicted octanol–water partition coefficient (Wildman–Crippen LogP) is 9.03. The molecule has 2 aromatic heterocycles. The van der Waals surface area contributed by atoms with Crippen molar-refractivity contribution in [3.05, 3.63) is 83.2 Å². The van der Waals surface area contributed by atoms with Crippen molar-refractivity contribution in [2.24, 2.45) is 0 Å². The van der Waals surface area contributed by atoms with E-state index in [2.05, 4.69) is 60.7 Å². The maximum absolute atomic E-state index is 16.4. The van der Waals surface area contributed by atoms with Gasteiger partial charge in [-0.1, -0.05) is 12.1 Å². The molecule has 4 N–H and O–H groups in total. The molecule has 6 heterocycles. The lowest BCUT2D eigenvalue weighted by Gasteiger charge is -2.34. The SMILES string of the molecule is CC(C)(C)OC(=O)NCC(=O)N1CCC[C@H]1c1nc2cc(C3CC[C@@H](c4ccc5[nH]c([C@@H]6CCCN6C(C=O)NC(=O)OC(C)(C)C)nc5c4)N3c3ccc(N4CCCCC4)c(F)c3)ccc2[nH]1. The highest BCUT2D eigenvalue weighted by Gasteiger charge is 2.39. The Kier molecular flexibility index (Phi) is 13.1. The largest absolute Gasteiger partial charge is 0.444 e. The van der Waals surface area contributed by atoms with Crippen molar-refractivity contribution in [1.82, 2.24) is 40.4 Å². The summed E-state index contributed by atoms with van der Waals surface area (Å²) in [6, 6.07) is 17.5. The number of halogens is 1. The number of anilines is 2. The molecular weight excluding hydrogens is 868 g/mol. The number of aromatic nitrogens is 4. The van der Waals surface area contributed by atoms with Gasteiger partial charge >= 0.3 is 12.2 Å². The van der Waals surface area contributed by atoms with E-state index < -0.39 is 29.6 Å². The van der Waals surface area contributed by atoms with Crippen molar-refractivity contribution in [2.75, 3.05) is 42.5 Å². The standard InChI is InChI=1S/C51H65FN10O6/c1-50(2,3)67-48(65)53-29-45(64)61-25-11-13-43(61)47-55-36-18-15-32(27-38(36)57-47)40-21-20-39(62(40)33-16-19-41(34(52)28-33)59-22-8-7-9-23-59)31-14-17-35-37(26-31)56-46(54-35)42-12-10-24-60(42)44(30-63)58-49(66)68-51(4,5)6/h14-19,26-28,30,39-40,42-44H,7-13,20-25,29H2,1-6H3,(H,53,65)(H,54,56)(H,55,57)(H,58,66)/t39-,40?,42-,43-,44?/m0/s1.